The van der Waals surface area contributed by atoms with Crippen molar-refractivity contribution < 1.29 is 14.1 Å². The van der Waals surface area contributed by atoms with E-state index in [1.165, 1.54) is 18.3 Å². The molecule has 2 aromatic rings. The summed E-state index contributed by atoms with van der Waals surface area (Å²) in [6.45, 7) is 0. The number of furan rings is 1. The Bertz CT molecular complexity index is 646. The molecule has 0 saturated carbocycles. The molecule has 0 aliphatic rings. The molecule has 0 saturated heterocycles. The van der Waals surface area contributed by atoms with Crippen LogP contribution in [0.15, 0.2) is 38.4 Å². The van der Waals surface area contributed by atoms with E-state index in [2.05, 4.69) is 31.4 Å². The van der Waals surface area contributed by atoms with Crippen molar-refractivity contribution in [3.05, 3.63) is 50.4 Å². The number of aromatic amines is 1. The Labute approximate surface area is 114 Å². The number of aromatic nitrogens is 1. The van der Waals surface area contributed by atoms with E-state index in [9.17, 15) is 14.9 Å². The summed E-state index contributed by atoms with van der Waals surface area (Å²) in [6, 6.07) is 4.16. The highest BCUT2D eigenvalue weighted by Crippen LogP contribution is 2.13. The molecule has 8 nitrogen and oxygen atoms in total. The van der Waals surface area contributed by atoms with Gasteiger partial charge in [-0.3, -0.25) is 14.9 Å². The molecule has 0 fully saturated rings. The van der Waals surface area contributed by atoms with Crippen molar-refractivity contribution in [2.75, 3.05) is 0 Å². The van der Waals surface area contributed by atoms with Gasteiger partial charge in [-0.1, -0.05) is 0 Å². The van der Waals surface area contributed by atoms with E-state index in [1.54, 1.807) is 12.3 Å². The number of hydrazone groups is 1. The molecular formula is C10H7BrN4O4. The summed E-state index contributed by atoms with van der Waals surface area (Å²) in [5, 5.41) is 14.0. The summed E-state index contributed by atoms with van der Waals surface area (Å²) < 4.78 is 5.56. The lowest BCUT2D eigenvalue weighted by Gasteiger charge is -1.94. The van der Waals surface area contributed by atoms with E-state index in [-0.39, 0.29) is 11.6 Å². The fourth-order valence-electron chi connectivity index (χ4n) is 1.22. The summed E-state index contributed by atoms with van der Waals surface area (Å²) in [5.41, 5.74) is 2.58. The van der Waals surface area contributed by atoms with Crippen LogP contribution in [0.5, 0.6) is 0 Å². The molecule has 2 heterocycles. The lowest BCUT2D eigenvalue weighted by atomic mass is 10.4. The first-order valence-corrected chi connectivity index (χ1v) is 5.77. The third kappa shape index (κ3) is 3.28. The van der Waals surface area contributed by atoms with Crippen LogP contribution in [0.1, 0.15) is 16.2 Å². The van der Waals surface area contributed by atoms with Gasteiger partial charge in [0.2, 0.25) is 0 Å². The maximum atomic E-state index is 11.5. The Hall–Kier alpha value is -2.42. The van der Waals surface area contributed by atoms with Crippen molar-refractivity contribution >= 4 is 33.9 Å². The molecule has 0 unspecified atom stereocenters. The number of nitro groups is 1. The van der Waals surface area contributed by atoms with E-state index in [0.717, 1.165) is 4.47 Å². The minimum Gasteiger partial charge on any atom is -0.400 e. The molecular weight excluding hydrogens is 320 g/mol. The monoisotopic (exact) mass is 326 g/mol. The molecule has 9 heteroatoms. The van der Waals surface area contributed by atoms with Crippen molar-refractivity contribution in [2.24, 2.45) is 5.10 Å². The van der Waals surface area contributed by atoms with Gasteiger partial charge >= 0.3 is 5.88 Å². The van der Waals surface area contributed by atoms with Crippen molar-refractivity contribution in [3.63, 3.8) is 0 Å². The Morgan fingerprint density at radius 3 is 2.95 bits per heavy atom. The molecule has 0 bridgehead atoms. The summed E-state index contributed by atoms with van der Waals surface area (Å²) >= 11 is 3.19. The zero-order chi connectivity index (χ0) is 13.8. The third-order valence-electron chi connectivity index (χ3n) is 2.04. The SMILES string of the molecule is O=C(N/N=C\c1ccc([N+](=O)[O-])o1)c1cc(Br)c[nH]1. The Balaban J connectivity index is 1.96. The molecule has 0 aliphatic heterocycles. The topological polar surface area (TPSA) is 114 Å². The quantitative estimate of drug-likeness (QED) is 0.508. The van der Waals surface area contributed by atoms with Crippen LogP contribution in [0.25, 0.3) is 0 Å². The van der Waals surface area contributed by atoms with Gasteiger partial charge in [-0.25, -0.2) is 5.43 Å². The van der Waals surface area contributed by atoms with E-state index in [1.807, 2.05) is 0 Å². The summed E-state index contributed by atoms with van der Waals surface area (Å²) in [6.07, 6.45) is 2.78. The molecule has 0 spiro atoms. The molecule has 0 aliphatic carbocycles. The fourth-order valence-corrected chi connectivity index (χ4v) is 1.57. The number of hydrogen-bond donors (Lipinski definition) is 2. The number of rotatable bonds is 4. The average Bonchev–Trinajstić information content (AvgIpc) is 2.98. The minimum atomic E-state index is -0.660. The molecule has 0 atom stereocenters. The van der Waals surface area contributed by atoms with Gasteiger partial charge in [-0.05, 0) is 28.1 Å². The van der Waals surface area contributed by atoms with Gasteiger partial charge in [0.25, 0.3) is 5.91 Å². The Morgan fingerprint density at radius 2 is 2.37 bits per heavy atom. The summed E-state index contributed by atoms with van der Waals surface area (Å²) in [7, 11) is 0. The van der Waals surface area contributed by atoms with Crippen LogP contribution < -0.4 is 5.43 Å². The summed E-state index contributed by atoms with van der Waals surface area (Å²) in [4.78, 5) is 24.0. The molecule has 98 valence electrons. The van der Waals surface area contributed by atoms with Crippen molar-refractivity contribution in [1.29, 1.82) is 0 Å². The van der Waals surface area contributed by atoms with Crippen LogP contribution in [0, 0.1) is 10.1 Å². The first kappa shape index (κ1) is 13.0. The van der Waals surface area contributed by atoms with Gasteiger partial charge in [-0.15, -0.1) is 0 Å². The maximum Gasteiger partial charge on any atom is 0.433 e. The predicted octanol–water partition coefficient (Wildman–Crippen LogP) is 2.04. The Morgan fingerprint density at radius 1 is 1.58 bits per heavy atom. The Kier molecular flexibility index (Phi) is 3.76. The first-order valence-electron chi connectivity index (χ1n) is 4.98. The second kappa shape index (κ2) is 5.48. The zero-order valence-electron chi connectivity index (χ0n) is 9.29. The number of nitrogens with zero attached hydrogens (tertiary/aromatic N) is 2. The lowest BCUT2D eigenvalue weighted by molar-refractivity contribution is -0.402. The molecule has 19 heavy (non-hydrogen) atoms. The number of amides is 1. The third-order valence-corrected chi connectivity index (χ3v) is 2.50. The van der Waals surface area contributed by atoms with E-state index >= 15 is 0 Å². The standard InChI is InChI=1S/C10H7BrN4O4/c11-6-3-8(12-4-6)10(16)14-13-5-7-1-2-9(19-7)15(17)18/h1-5,12H,(H,14,16)/b13-5-. The number of halogens is 1. The normalized spacial score (nSPS) is 10.8. The highest BCUT2D eigenvalue weighted by molar-refractivity contribution is 9.10. The highest BCUT2D eigenvalue weighted by Gasteiger charge is 2.10. The van der Waals surface area contributed by atoms with Crippen molar-refractivity contribution in [2.45, 2.75) is 0 Å². The van der Waals surface area contributed by atoms with E-state index < -0.39 is 10.8 Å². The number of carbonyl (C=O) groups excluding carboxylic acids is 1. The van der Waals surface area contributed by atoms with Gasteiger partial charge in [0.05, 0.1) is 12.3 Å². The van der Waals surface area contributed by atoms with Crippen LogP contribution in [0.4, 0.5) is 5.88 Å². The summed E-state index contributed by atoms with van der Waals surface area (Å²) in [5.74, 6) is -0.663. The predicted molar refractivity (Wildman–Crippen MR) is 68.9 cm³/mol. The molecule has 2 N–H and O–H groups in total. The number of nitrogens with one attached hydrogen (secondary N) is 2. The smallest absolute Gasteiger partial charge is 0.400 e. The van der Waals surface area contributed by atoms with E-state index in [4.69, 9.17) is 4.42 Å². The highest BCUT2D eigenvalue weighted by atomic mass is 79.9. The average molecular weight is 327 g/mol. The van der Waals surface area contributed by atoms with Crippen LogP contribution in [0.3, 0.4) is 0 Å². The lowest BCUT2D eigenvalue weighted by Crippen LogP contribution is -2.17. The zero-order valence-corrected chi connectivity index (χ0v) is 10.9. The molecule has 0 aromatic carbocycles. The van der Waals surface area contributed by atoms with Gasteiger partial charge in [0.15, 0.2) is 5.76 Å². The molecule has 1 amide bonds. The van der Waals surface area contributed by atoms with Crippen molar-refractivity contribution in [1.82, 2.24) is 10.4 Å². The second-order valence-electron chi connectivity index (χ2n) is 3.36. The van der Waals surface area contributed by atoms with Crippen LogP contribution in [0.2, 0.25) is 0 Å². The number of H-pyrrole nitrogens is 1. The van der Waals surface area contributed by atoms with Crippen LogP contribution >= 0.6 is 15.9 Å². The van der Waals surface area contributed by atoms with Crippen LogP contribution in [-0.2, 0) is 0 Å². The van der Waals surface area contributed by atoms with E-state index in [0.29, 0.717) is 5.69 Å². The molecule has 2 aromatic heterocycles. The van der Waals surface area contributed by atoms with Gasteiger partial charge in [-0.2, -0.15) is 5.10 Å². The molecule has 2 rings (SSSR count). The minimum absolute atomic E-state index is 0.166. The van der Waals surface area contributed by atoms with Crippen LogP contribution in [-0.4, -0.2) is 22.0 Å². The largest absolute Gasteiger partial charge is 0.433 e. The number of hydrogen-bond acceptors (Lipinski definition) is 5. The van der Waals surface area contributed by atoms with Gasteiger partial charge in [0, 0.05) is 10.7 Å². The fraction of sp³-hybridized carbons (Fsp3) is 0. The molecule has 0 radical (unpaired) electrons. The van der Waals surface area contributed by atoms with Gasteiger partial charge < -0.3 is 9.40 Å². The second-order valence-corrected chi connectivity index (χ2v) is 4.28. The number of carbonyl (C=O) groups is 1. The van der Waals surface area contributed by atoms with Gasteiger partial charge in [0.1, 0.15) is 10.6 Å². The first-order chi connectivity index (χ1) is 9.06. The maximum absolute atomic E-state index is 11.5. The van der Waals surface area contributed by atoms with Crippen molar-refractivity contribution in [3.8, 4) is 0 Å².